The Hall–Kier alpha value is -7.41. The maximum Gasteiger partial charge on any atom is 0.164 e. The molecule has 6 heteroatoms. The Labute approximate surface area is 330 Å². The van der Waals surface area contributed by atoms with Gasteiger partial charge in [0, 0.05) is 70.2 Å². The van der Waals surface area contributed by atoms with Crippen LogP contribution in [0.2, 0.25) is 0 Å². The molecule has 12 rings (SSSR count). The molecule has 0 saturated carbocycles. The van der Waals surface area contributed by atoms with Gasteiger partial charge in [0.25, 0.3) is 0 Å². The Morgan fingerprint density at radius 2 is 1.00 bits per heavy atom. The van der Waals surface area contributed by atoms with Gasteiger partial charge in [-0.1, -0.05) is 121 Å². The van der Waals surface area contributed by atoms with Crippen LogP contribution in [-0.4, -0.2) is 19.5 Å². The monoisotopic (exact) mass is 746 g/mol. The minimum absolute atomic E-state index is 0.652. The van der Waals surface area contributed by atoms with Gasteiger partial charge in [0.2, 0.25) is 0 Å². The van der Waals surface area contributed by atoms with E-state index in [1.807, 2.05) is 60.7 Å². The topological polar surface area (TPSA) is 56.7 Å². The molecule has 0 N–H and O–H groups in total. The van der Waals surface area contributed by atoms with Crippen molar-refractivity contribution < 1.29 is 4.42 Å². The number of furan rings is 1. The highest BCUT2D eigenvalue weighted by Crippen LogP contribution is 2.42. The average Bonchev–Trinajstić information content (AvgIpc) is 3.95. The molecule has 4 aromatic heterocycles. The predicted octanol–water partition coefficient (Wildman–Crippen LogP) is 13.9. The van der Waals surface area contributed by atoms with E-state index in [1.165, 1.54) is 36.6 Å². The van der Waals surface area contributed by atoms with Crippen LogP contribution in [-0.2, 0) is 0 Å². The molecule has 266 valence electrons. The Kier molecular flexibility index (Phi) is 7.03. The molecule has 0 amide bonds. The van der Waals surface area contributed by atoms with Crippen molar-refractivity contribution >= 4 is 75.3 Å². The summed E-state index contributed by atoms with van der Waals surface area (Å²) in [7, 11) is 0. The van der Waals surface area contributed by atoms with E-state index < -0.39 is 0 Å². The summed E-state index contributed by atoms with van der Waals surface area (Å²) in [5, 5.41) is 7.01. The first-order valence-electron chi connectivity index (χ1n) is 19.0. The molecule has 57 heavy (non-hydrogen) atoms. The fourth-order valence-corrected chi connectivity index (χ4v) is 9.52. The highest BCUT2D eigenvalue weighted by molar-refractivity contribution is 7.26. The lowest BCUT2D eigenvalue weighted by molar-refractivity contribution is 0.668. The molecule has 0 atom stereocenters. The summed E-state index contributed by atoms with van der Waals surface area (Å²) < 4.78 is 11.3. The van der Waals surface area contributed by atoms with E-state index in [-0.39, 0.29) is 0 Å². The summed E-state index contributed by atoms with van der Waals surface area (Å²) in [6.45, 7) is 0. The first-order valence-corrected chi connectivity index (χ1v) is 19.8. The molecular formula is C51H30N4OS. The van der Waals surface area contributed by atoms with Gasteiger partial charge in [-0.2, -0.15) is 0 Å². The molecule has 0 aliphatic carbocycles. The van der Waals surface area contributed by atoms with E-state index >= 15 is 0 Å². The zero-order chi connectivity index (χ0) is 37.5. The van der Waals surface area contributed by atoms with Gasteiger partial charge in [0.05, 0.1) is 11.0 Å². The molecule has 0 aliphatic heterocycles. The minimum atomic E-state index is 0.652. The van der Waals surface area contributed by atoms with Crippen molar-refractivity contribution in [2.45, 2.75) is 0 Å². The Bertz CT molecular complexity index is 3420. The van der Waals surface area contributed by atoms with E-state index in [0.717, 1.165) is 60.8 Å². The van der Waals surface area contributed by atoms with Crippen LogP contribution in [0.5, 0.6) is 0 Å². The third-order valence-electron chi connectivity index (χ3n) is 11.1. The van der Waals surface area contributed by atoms with Crippen LogP contribution in [0.4, 0.5) is 0 Å². The van der Waals surface area contributed by atoms with Gasteiger partial charge in [0.15, 0.2) is 17.5 Å². The summed E-state index contributed by atoms with van der Waals surface area (Å²) >= 11 is 1.79. The van der Waals surface area contributed by atoms with Crippen LogP contribution >= 0.6 is 11.3 Å². The van der Waals surface area contributed by atoms with E-state index in [2.05, 4.69) is 126 Å². The predicted molar refractivity (Wildman–Crippen MR) is 236 cm³/mol. The van der Waals surface area contributed by atoms with Crippen molar-refractivity contribution in [2.24, 2.45) is 0 Å². The Morgan fingerprint density at radius 1 is 0.386 bits per heavy atom. The van der Waals surface area contributed by atoms with Crippen LogP contribution in [0.1, 0.15) is 0 Å². The van der Waals surface area contributed by atoms with Crippen LogP contribution in [0, 0.1) is 0 Å². The fraction of sp³-hybridized carbons (Fsp3) is 0. The summed E-state index contributed by atoms with van der Waals surface area (Å²) in [6.07, 6.45) is 0. The lowest BCUT2D eigenvalue weighted by Gasteiger charge is -2.10. The standard InChI is InChI=1S/C51H30N4OS/c1-3-12-31(13-4-1)49-52-50(32-14-5-2-6-15-32)54-51(53-49)39-18-11-21-47-48(39)41-29-34(23-27-46(41)57-47)33-22-26-44-40(28-33)38-25-24-35(30-45(38)56-44)55-42-19-9-7-16-36(42)37-17-8-10-20-43(37)55/h1-30H. The molecule has 0 spiro atoms. The fourth-order valence-electron chi connectivity index (χ4n) is 8.41. The Morgan fingerprint density at radius 3 is 1.70 bits per heavy atom. The smallest absolute Gasteiger partial charge is 0.164 e. The molecule has 0 aliphatic rings. The lowest BCUT2D eigenvalue weighted by atomic mass is 9.99. The maximum atomic E-state index is 6.54. The molecule has 0 unspecified atom stereocenters. The van der Waals surface area contributed by atoms with Crippen LogP contribution in [0.3, 0.4) is 0 Å². The maximum absolute atomic E-state index is 6.54. The van der Waals surface area contributed by atoms with Crippen LogP contribution in [0.15, 0.2) is 186 Å². The van der Waals surface area contributed by atoms with Crippen molar-refractivity contribution in [3.8, 4) is 51.0 Å². The van der Waals surface area contributed by atoms with Gasteiger partial charge in [-0.25, -0.2) is 15.0 Å². The molecular weight excluding hydrogens is 717 g/mol. The molecule has 12 aromatic rings. The highest BCUT2D eigenvalue weighted by atomic mass is 32.1. The van der Waals surface area contributed by atoms with Crippen LogP contribution < -0.4 is 0 Å². The number of benzene rings is 8. The van der Waals surface area contributed by atoms with Gasteiger partial charge in [0.1, 0.15) is 11.2 Å². The molecule has 0 bridgehead atoms. The summed E-state index contributed by atoms with van der Waals surface area (Å²) in [4.78, 5) is 15.1. The number of fused-ring (bicyclic) bond motifs is 9. The molecule has 4 heterocycles. The normalized spacial score (nSPS) is 11.9. The average molecular weight is 747 g/mol. The summed E-state index contributed by atoms with van der Waals surface area (Å²) in [5.41, 5.74) is 10.3. The number of thiophene rings is 1. The Balaban J connectivity index is 0.988. The zero-order valence-corrected chi connectivity index (χ0v) is 31.2. The third kappa shape index (κ3) is 5.12. The van der Waals surface area contributed by atoms with Gasteiger partial charge in [-0.15, -0.1) is 11.3 Å². The molecule has 0 radical (unpaired) electrons. The molecule has 5 nitrogen and oxygen atoms in total. The first-order chi connectivity index (χ1) is 28.2. The zero-order valence-electron chi connectivity index (χ0n) is 30.4. The van der Waals surface area contributed by atoms with E-state index in [1.54, 1.807) is 11.3 Å². The second kappa shape index (κ2) is 12.6. The summed E-state index contributed by atoms with van der Waals surface area (Å²) in [6, 6.07) is 63.8. The van der Waals surface area contributed by atoms with Gasteiger partial charge < -0.3 is 8.98 Å². The van der Waals surface area contributed by atoms with E-state index in [4.69, 9.17) is 19.4 Å². The van der Waals surface area contributed by atoms with Gasteiger partial charge in [-0.05, 0) is 65.7 Å². The number of rotatable bonds is 5. The number of hydrogen-bond acceptors (Lipinski definition) is 5. The third-order valence-corrected chi connectivity index (χ3v) is 12.2. The lowest BCUT2D eigenvalue weighted by Crippen LogP contribution is -2.00. The number of aromatic nitrogens is 4. The quantitative estimate of drug-likeness (QED) is 0.176. The second-order valence-corrected chi connectivity index (χ2v) is 15.5. The van der Waals surface area contributed by atoms with Gasteiger partial charge >= 0.3 is 0 Å². The van der Waals surface area contributed by atoms with Crippen molar-refractivity contribution in [2.75, 3.05) is 0 Å². The first kappa shape index (κ1) is 31.9. The molecule has 0 saturated heterocycles. The SMILES string of the molecule is c1ccc(-c2nc(-c3ccccc3)nc(-c3cccc4sc5ccc(-c6ccc7oc8cc(-n9c%10ccccc%10c%10ccccc%109)ccc8c7c6)cc5c34)n2)cc1. The van der Waals surface area contributed by atoms with E-state index in [9.17, 15) is 0 Å². The van der Waals surface area contributed by atoms with Gasteiger partial charge in [-0.3, -0.25) is 0 Å². The van der Waals surface area contributed by atoms with Crippen LogP contribution in [0.25, 0.3) is 115 Å². The highest BCUT2D eigenvalue weighted by Gasteiger charge is 2.19. The second-order valence-electron chi connectivity index (χ2n) is 14.4. The summed E-state index contributed by atoms with van der Waals surface area (Å²) in [5.74, 6) is 1.96. The number of para-hydroxylation sites is 2. The van der Waals surface area contributed by atoms with E-state index in [0.29, 0.717) is 17.5 Å². The van der Waals surface area contributed by atoms with Crippen molar-refractivity contribution in [1.82, 2.24) is 19.5 Å². The number of hydrogen-bond donors (Lipinski definition) is 0. The molecule has 0 fully saturated rings. The number of nitrogens with zero attached hydrogens (tertiary/aromatic N) is 4. The largest absolute Gasteiger partial charge is 0.456 e. The minimum Gasteiger partial charge on any atom is -0.456 e. The molecule has 8 aromatic carbocycles. The van der Waals surface area contributed by atoms with Crippen molar-refractivity contribution in [3.05, 3.63) is 182 Å². The van der Waals surface area contributed by atoms with Crippen molar-refractivity contribution in [1.29, 1.82) is 0 Å². The van der Waals surface area contributed by atoms with Crippen molar-refractivity contribution in [3.63, 3.8) is 0 Å².